The van der Waals surface area contributed by atoms with Crippen molar-refractivity contribution < 1.29 is 80.2 Å². The number of unbranched alkanes of at least 4 members (excludes halogenated alkanes) is 57. The van der Waals surface area contributed by atoms with Crippen LogP contribution in [-0.4, -0.2) is 96.7 Å². The molecular formula is C82H160O17P2. The average molecular weight is 1480 g/mol. The summed E-state index contributed by atoms with van der Waals surface area (Å²) in [6, 6.07) is 0. The Bertz CT molecular complexity index is 1910. The maximum Gasteiger partial charge on any atom is 0.472 e. The van der Waals surface area contributed by atoms with Crippen LogP contribution in [0.1, 0.15) is 445 Å². The number of carbonyl (C=O) groups is 4. The van der Waals surface area contributed by atoms with Crippen LogP contribution < -0.4 is 0 Å². The van der Waals surface area contributed by atoms with Gasteiger partial charge < -0.3 is 33.8 Å². The lowest BCUT2D eigenvalue weighted by Gasteiger charge is -2.21. The minimum atomic E-state index is -4.96. The highest BCUT2D eigenvalue weighted by Crippen LogP contribution is 2.45. The average Bonchev–Trinajstić information content (AvgIpc) is 0.931. The fourth-order valence-electron chi connectivity index (χ4n) is 12.8. The molecule has 2 unspecified atom stereocenters. The second-order valence-corrected chi connectivity index (χ2v) is 32.4. The first-order chi connectivity index (χ1) is 49.2. The minimum Gasteiger partial charge on any atom is -0.462 e. The molecule has 0 saturated heterocycles. The zero-order valence-electron chi connectivity index (χ0n) is 65.9. The van der Waals surface area contributed by atoms with Gasteiger partial charge in [-0.25, -0.2) is 9.13 Å². The number of carbonyl (C=O) groups excluding carboxylic acids is 4. The third-order valence-electron chi connectivity index (χ3n) is 19.4. The molecule has 0 saturated carbocycles. The van der Waals surface area contributed by atoms with Gasteiger partial charge in [0.15, 0.2) is 12.2 Å². The fourth-order valence-corrected chi connectivity index (χ4v) is 14.4. The molecule has 0 amide bonds. The van der Waals surface area contributed by atoms with Crippen molar-refractivity contribution in [3.8, 4) is 0 Å². The Morgan fingerprint density at radius 3 is 0.584 bits per heavy atom. The van der Waals surface area contributed by atoms with E-state index in [0.717, 1.165) is 89.9 Å². The lowest BCUT2D eigenvalue weighted by atomic mass is 10.0. The van der Waals surface area contributed by atoms with Gasteiger partial charge in [0.05, 0.1) is 26.4 Å². The molecule has 0 rings (SSSR count). The number of rotatable bonds is 83. The molecule has 19 heteroatoms. The van der Waals surface area contributed by atoms with Gasteiger partial charge in [-0.2, -0.15) is 0 Å². The number of aliphatic hydroxyl groups excluding tert-OH is 1. The Balaban J connectivity index is 5.26. The molecule has 0 bridgehead atoms. The first-order valence-electron chi connectivity index (χ1n) is 42.8. The molecule has 0 aliphatic heterocycles. The summed E-state index contributed by atoms with van der Waals surface area (Å²) in [5, 5.41) is 10.7. The summed E-state index contributed by atoms with van der Waals surface area (Å²) in [6.07, 6.45) is 69.2. The molecule has 3 N–H and O–H groups in total. The van der Waals surface area contributed by atoms with E-state index in [1.807, 2.05) is 0 Å². The van der Waals surface area contributed by atoms with Gasteiger partial charge in [-0.3, -0.25) is 37.3 Å². The Hall–Kier alpha value is -1.94. The van der Waals surface area contributed by atoms with E-state index in [9.17, 15) is 43.2 Å². The van der Waals surface area contributed by atoms with Gasteiger partial charge >= 0.3 is 39.5 Å². The van der Waals surface area contributed by atoms with Crippen LogP contribution >= 0.6 is 15.6 Å². The lowest BCUT2D eigenvalue weighted by Crippen LogP contribution is -2.30. The van der Waals surface area contributed by atoms with Crippen LogP contribution in [0.25, 0.3) is 0 Å². The van der Waals surface area contributed by atoms with Crippen LogP contribution in [-0.2, 0) is 65.4 Å². The molecule has 0 heterocycles. The van der Waals surface area contributed by atoms with Crippen molar-refractivity contribution >= 4 is 39.5 Å². The predicted molar refractivity (Wildman–Crippen MR) is 414 cm³/mol. The molecule has 0 aliphatic carbocycles. The monoisotopic (exact) mass is 1480 g/mol. The topological polar surface area (TPSA) is 237 Å². The largest absolute Gasteiger partial charge is 0.472 e. The number of esters is 4. The standard InChI is InChI=1S/C82H160O17P2/c1-5-9-13-17-21-25-29-33-36-38-39-41-45-49-53-57-61-65-69-82(87)99-78(73-93-80(85)67-63-59-55-51-47-44-40-37-34-30-26-22-18-14-10-6-2)75-97-101(90,91)95-71-76(83)70-94-100(88,89)96-74-77(72-92-79(84)66-62-58-54-50-46-42-32-28-24-20-16-12-8-4)98-81(86)68-64-60-56-52-48-43-35-31-27-23-19-15-11-7-3/h76-78,83H,5-75H2,1-4H3,(H,88,89)(H,90,91)/t76-,77+,78+/m0/s1. The van der Waals surface area contributed by atoms with Gasteiger partial charge in [-0.15, -0.1) is 0 Å². The third-order valence-corrected chi connectivity index (χ3v) is 21.3. The normalized spacial score (nSPS) is 13.8. The van der Waals surface area contributed by atoms with Gasteiger partial charge in [0.2, 0.25) is 0 Å². The third kappa shape index (κ3) is 76.1. The smallest absolute Gasteiger partial charge is 0.462 e. The summed E-state index contributed by atoms with van der Waals surface area (Å²) >= 11 is 0. The van der Waals surface area contributed by atoms with E-state index in [1.54, 1.807) is 0 Å². The fraction of sp³-hybridized carbons (Fsp3) is 0.951. The Labute approximate surface area is 619 Å². The van der Waals surface area contributed by atoms with Gasteiger partial charge in [-0.05, 0) is 25.7 Å². The summed E-state index contributed by atoms with van der Waals surface area (Å²) in [4.78, 5) is 73.1. The van der Waals surface area contributed by atoms with E-state index >= 15 is 0 Å². The van der Waals surface area contributed by atoms with Gasteiger partial charge in [0.1, 0.15) is 19.3 Å². The first-order valence-corrected chi connectivity index (χ1v) is 45.8. The highest BCUT2D eigenvalue weighted by atomic mass is 31.2. The van der Waals surface area contributed by atoms with Gasteiger partial charge in [0.25, 0.3) is 0 Å². The quantitative estimate of drug-likeness (QED) is 0.0222. The summed E-state index contributed by atoms with van der Waals surface area (Å²) in [5.41, 5.74) is 0. The van der Waals surface area contributed by atoms with Crippen LogP contribution in [0.3, 0.4) is 0 Å². The van der Waals surface area contributed by atoms with Gasteiger partial charge in [-0.1, -0.05) is 394 Å². The summed E-state index contributed by atoms with van der Waals surface area (Å²) in [5.74, 6) is -2.10. The number of hydrogen-bond donors (Lipinski definition) is 3. The maximum absolute atomic E-state index is 13.1. The number of aliphatic hydroxyl groups is 1. The summed E-state index contributed by atoms with van der Waals surface area (Å²) < 4.78 is 68.8. The van der Waals surface area contributed by atoms with Crippen molar-refractivity contribution in [3.63, 3.8) is 0 Å². The van der Waals surface area contributed by atoms with Crippen LogP contribution in [0, 0.1) is 0 Å². The van der Waals surface area contributed by atoms with E-state index in [4.69, 9.17) is 37.0 Å². The Morgan fingerprint density at radius 2 is 0.396 bits per heavy atom. The molecule has 0 spiro atoms. The molecule has 0 aromatic carbocycles. The molecule has 0 aromatic heterocycles. The van der Waals surface area contributed by atoms with E-state index in [1.165, 1.54) is 276 Å². The van der Waals surface area contributed by atoms with Crippen molar-refractivity contribution in [2.45, 2.75) is 463 Å². The molecular weight excluding hydrogens is 1320 g/mol. The Kier molecular flexibility index (Phi) is 74.8. The van der Waals surface area contributed by atoms with E-state index in [2.05, 4.69) is 27.7 Å². The second kappa shape index (κ2) is 76.3. The highest BCUT2D eigenvalue weighted by molar-refractivity contribution is 7.47. The van der Waals surface area contributed by atoms with Crippen molar-refractivity contribution in [3.05, 3.63) is 0 Å². The molecule has 0 aliphatic rings. The van der Waals surface area contributed by atoms with Crippen LogP contribution in [0.4, 0.5) is 0 Å². The zero-order valence-corrected chi connectivity index (χ0v) is 67.7. The molecule has 0 aromatic rings. The molecule has 5 atom stereocenters. The molecule has 600 valence electrons. The molecule has 0 fully saturated rings. The van der Waals surface area contributed by atoms with E-state index in [-0.39, 0.29) is 25.7 Å². The summed E-state index contributed by atoms with van der Waals surface area (Å²) in [7, 11) is -9.92. The van der Waals surface area contributed by atoms with Crippen LogP contribution in [0.2, 0.25) is 0 Å². The minimum absolute atomic E-state index is 0.109. The molecule has 17 nitrogen and oxygen atoms in total. The van der Waals surface area contributed by atoms with Crippen molar-refractivity contribution in [2.24, 2.45) is 0 Å². The lowest BCUT2D eigenvalue weighted by molar-refractivity contribution is -0.161. The van der Waals surface area contributed by atoms with E-state index < -0.39 is 97.5 Å². The van der Waals surface area contributed by atoms with Crippen molar-refractivity contribution in [1.82, 2.24) is 0 Å². The predicted octanol–water partition coefficient (Wildman–Crippen LogP) is 25.0. The first kappa shape index (κ1) is 99.1. The number of hydrogen-bond acceptors (Lipinski definition) is 15. The van der Waals surface area contributed by atoms with Gasteiger partial charge in [0, 0.05) is 25.7 Å². The number of ether oxygens (including phenoxy) is 4. The van der Waals surface area contributed by atoms with Crippen LogP contribution in [0.15, 0.2) is 0 Å². The summed E-state index contributed by atoms with van der Waals surface area (Å²) in [6.45, 7) is 5.05. The van der Waals surface area contributed by atoms with Crippen LogP contribution in [0.5, 0.6) is 0 Å². The molecule has 101 heavy (non-hydrogen) atoms. The van der Waals surface area contributed by atoms with Crippen molar-refractivity contribution in [2.75, 3.05) is 39.6 Å². The Morgan fingerprint density at radius 1 is 0.238 bits per heavy atom. The zero-order chi connectivity index (χ0) is 73.9. The SMILES string of the molecule is CCCCCCCCCCCCCCCCCCCCC(=O)O[C@H](COC(=O)CCCCCCCCCCCCCCCCCC)COP(=O)(O)OC[C@@H](O)COP(=O)(O)OC[C@@H](COC(=O)CCCCCCCCCCCCCCC)OC(=O)CCCCCCCCCCCCCCCC. The molecule has 0 radical (unpaired) electrons. The number of phosphoric ester groups is 2. The maximum atomic E-state index is 13.1. The van der Waals surface area contributed by atoms with Crippen molar-refractivity contribution in [1.29, 1.82) is 0 Å². The second-order valence-electron chi connectivity index (χ2n) is 29.5. The van der Waals surface area contributed by atoms with E-state index in [0.29, 0.717) is 25.7 Å². The highest BCUT2D eigenvalue weighted by Gasteiger charge is 2.30. The number of phosphoric acid groups is 2.